The van der Waals surface area contributed by atoms with E-state index in [0.717, 1.165) is 12.2 Å². The Kier molecular flexibility index (Phi) is 5.29. The summed E-state index contributed by atoms with van der Waals surface area (Å²) in [5.74, 6) is 0.918. The molecule has 0 aliphatic rings. The van der Waals surface area contributed by atoms with Gasteiger partial charge in [-0.25, -0.2) is 0 Å². The summed E-state index contributed by atoms with van der Waals surface area (Å²) in [5.41, 5.74) is 6.83. The Hall–Kier alpha value is -1.06. The van der Waals surface area contributed by atoms with Gasteiger partial charge >= 0.3 is 0 Å². The van der Waals surface area contributed by atoms with Gasteiger partial charge in [-0.05, 0) is 51.6 Å². The Balaban J connectivity index is 2.69. The molecular weight excluding hydrogens is 200 g/mol. The van der Waals surface area contributed by atoms with Crippen LogP contribution in [-0.4, -0.2) is 19.7 Å². The highest BCUT2D eigenvalue weighted by Gasteiger charge is 2.07. The SMILES string of the molecule is CNC(CCN)c1ccc(OC(C)C)cc1. The minimum atomic E-state index is 0.218. The molecule has 0 saturated carbocycles. The van der Waals surface area contributed by atoms with Crippen molar-refractivity contribution in [1.82, 2.24) is 5.32 Å². The zero-order valence-corrected chi connectivity index (χ0v) is 10.4. The summed E-state index contributed by atoms with van der Waals surface area (Å²) < 4.78 is 5.60. The van der Waals surface area contributed by atoms with Gasteiger partial charge < -0.3 is 15.8 Å². The number of hydrogen-bond acceptors (Lipinski definition) is 3. The zero-order chi connectivity index (χ0) is 12.0. The average Bonchev–Trinajstić information content (AvgIpc) is 2.26. The maximum Gasteiger partial charge on any atom is 0.119 e. The zero-order valence-electron chi connectivity index (χ0n) is 10.4. The number of nitrogens with two attached hydrogens (primary N) is 1. The quantitative estimate of drug-likeness (QED) is 0.774. The Morgan fingerprint density at radius 2 is 1.88 bits per heavy atom. The minimum Gasteiger partial charge on any atom is -0.491 e. The first kappa shape index (κ1) is 13.0. The molecule has 1 atom stereocenters. The summed E-state index contributed by atoms with van der Waals surface area (Å²) in [6.07, 6.45) is 1.16. The van der Waals surface area contributed by atoms with Crippen molar-refractivity contribution in [3.05, 3.63) is 29.8 Å². The second kappa shape index (κ2) is 6.51. The van der Waals surface area contributed by atoms with Gasteiger partial charge in [-0.1, -0.05) is 12.1 Å². The van der Waals surface area contributed by atoms with Crippen molar-refractivity contribution in [1.29, 1.82) is 0 Å². The number of rotatable bonds is 6. The average molecular weight is 222 g/mol. The Bertz CT molecular complexity index is 295. The minimum absolute atomic E-state index is 0.218. The summed E-state index contributed by atoms with van der Waals surface area (Å²) in [7, 11) is 1.96. The molecule has 16 heavy (non-hydrogen) atoms. The number of ether oxygens (including phenoxy) is 1. The molecule has 0 spiro atoms. The van der Waals surface area contributed by atoms with E-state index in [1.807, 2.05) is 33.0 Å². The normalized spacial score (nSPS) is 12.8. The van der Waals surface area contributed by atoms with Crippen LogP contribution in [0.15, 0.2) is 24.3 Å². The molecule has 90 valence electrons. The molecule has 0 amide bonds. The highest BCUT2D eigenvalue weighted by Crippen LogP contribution is 2.20. The third-order valence-electron chi connectivity index (χ3n) is 2.46. The molecule has 0 aliphatic heterocycles. The van der Waals surface area contributed by atoms with E-state index < -0.39 is 0 Å². The van der Waals surface area contributed by atoms with E-state index >= 15 is 0 Å². The molecule has 0 heterocycles. The second-order valence-corrected chi connectivity index (χ2v) is 4.15. The fraction of sp³-hybridized carbons (Fsp3) is 0.538. The van der Waals surface area contributed by atoms with Gasteiger partial charge in [0.05, 0.1) is 6.10 Å². The van der Waals surface area contributed by atoms with Gasteiger partial charge in [0.25, 0.3) is 0 Å². The van der Waals surface area contributed by atoms with E-state index in [4.69, 9.17) is 10.5 Å². The van der Waals surface area contributed by atoms with Gasteiger partial charge in [0.2, 0.25) is 0 Å². The van der Waals surface area contributed by atoms with Gasteiger partial charge in [-0.15, -0.1) is 0 Å². The summed E-state index contributed by atoms with van der Waals surface area (Å²) in [5, 5.41) is 3.26. The van der Waals surface area contributed by atoms with E-state index in [2.05, 4.69) is 17.4 Å². The summed E-state index contributed by atoms with van der Waals surface area (Å²) in [4.78, 5) is 0. The highest BCUT2D eigenvalue weighted by molar-refractivity contribution is 5.29. The Labute approximate surface area is 98.0 Å². The summed E-state index contributed by atoms with van der Waals surface area (Å²) >= 11 is 0. The highest BCUT2D eigenvalue weighted by atomic mass is 16.5. The van der Waals surface area contributed by atoms with Crippen molar-refractivity contribution < 1.29 is 4.74 Å². The van der Waals surface area contributed by atoms with Crippen LogP contribution in [0.4, 0.5) is 0 Å². The van der Waals surface area contributed by atoms with Crippen LogP contribution in [0.3, 0.4) is 0 Å². The number of benzene rings is 1. The lowest BCUT2D eigenvalue weighted by molar-refractivity contribution is 0.242. The van der Waals surface area contributed by atoms with Gasteiger partial charge in [-0.3, -0.25) is 0 Å². The molecule has 1 rings (SSSR count). The van der Waals surface area contributed by atoms with Crippen LogP contribution in [0.2, 0.25) is 0 Å². The molecule has 3 N–H and O–H groups in total. The van der Waals surface area contributed by atoms with Crippen LogP contribution in [-0.2, 0) is 0 Å². The molecular formula is C13H22N2O. The molecule has 0 fully saturated rings. The topological polar surface area (TPSA) is 47.3 Å². The van der Waals surface area contributed by atoms with Gasteiger partial charge in [0.1, 0.15) is 5.75 Å². The fourth-order valence-corrected chi connectivity index (χ4v) is 1.70. The van der Waals surface area contributed by atoms with Gasteiger partial charge in [-0.2, -0.15) is 0 Å². The predicted octanol–water partition coefficient (Wildman–Crippen LogP) is 2.08. The molecule has 3 nitrogen and oxygen atoms in total. The lowest BCUT2D eigenvalue weighted by Crippen LogP contribution is -2.19. The predicted molar refractivity (Wildman–Crippen MR) is 67.7 cm³/mol. The lowest BCUT2D eigenvalue weighted by atomic mass is 10.0. The van der Waals surface area contributed by atoms with Crippen molar-refractivity contribution in [2.75, 3.05) is 13.6 Å². The monoisotopic (exact) mass is 222 g/mol. The van der Waals surface area contributed by atoms with Crippen molar-refractivity contribution in [3.8, 4) is 5.75 Å². The van der Waals surface area contributed by atoms with E-state index in [0.29, 0.717) is 12.6 Å². The second-order valence-electron chi connectivity index (χ2n) is 4.15. The fourth-order valence-electron chi connectivity index (χ4n) is 1.70. The maximum absolute atomic E-state index is 5.60. The molecule has 0 aromatic heterocycles. The molecule has 1 aromatic carbocycles. The van der Waals surface area contributed by atoms with Crippen molar-refractivity contribution in [2.24, 2.45) is 5.73 Å². The van der Waals surface area contributed by atoms with Crippen LogP contribution in [0, 0.1) is 0 Å². The molecule has 0 aliphatic carbocycles. The van der Waals surface area contributed by atoms with Crippen LogP contribution >= 0.6 is 0 Å². The van der Waals surface area contributed by atoms with Crippen molar-refractivity contribution in [2.45, 2.75) is 32.4 Å². The Morgan fingerprint density at radius 3 is 2.31 bits per heavy atom. The first-order valence-electron chi connectivity index (χ1n) is 5.81. The third kappa shape index (κ3) is 3.83. The third-order valence-corrected chi connectivity index (χ3v) is 2.46. The standard InChI is InChI=1S/C13H22N2O/c1-10(2)16-12-6-4-11(5-7-12)13(15-3)8-9-14/h4-7,10,13,15H,8-9,14H2,1-3H3. The largest absolute Gasteiger partial charge is 0.491 e. The molecule has 1 aromatic rings. The van der Waals surface area contributed by atoms with E-state index in [1.54, 1.807) is 0 Å². The molecule has 0 saturated heterocycles. The number of nitrogens with one attached hydrogen (secondary N) is 1. The van der Waals surface area contributed by atoms with E-state index in [-0.39, 0.29) is 6.10 Å². The maximum atomic E-state index is 5.60. The summed E-state index contributed by atoms with van der Waals surface area (Å²) in [6, 6.07) is 8.54. The van der Waals surface area contributed by atoms with Crippen molar-refractivity contribution in [3.63, 3.8) is 0 Å². The van der Waals surface area contributed by atoms with Crippen LogP contribution in [0.1, 0.15) is 31.9 Å². The van der Waals surface area contributed by atoms with Gasteiger partial charge in [0.15, 0.2) is 0 Å². The van der Waals surface area contributed by atoms with Crippen LogP contribution in [0.25, 0.3) is 0 Å². The van der Waals surface area contributed by atoms with E-state index in [1.165, 1.54) is 5.56 Å². The van der Waals surface area contributed by atoms with E-state index in [9.17, 15) is 0 Å². The first-order valence-corrected chi connectivity index (χ1v) is 5.81. The smallest absolute Gasteiger partial charge is 0.119 e. The lowest BCUT2D eigenvalue weighted by Gasteiger charge is -2.16. The summed E-state index contributed by atoms with van der Waals surface area (Å²) in [6.45, 7) is 4.74. The Morgan fingerprint density at radius 1 is 1.25 bits per heavy atom. The molecule has 3 heteroatoms. The van der Waals surface area contributed by atoms with Crippen LogP contribution in [0.5, 0.6) is 5.75 Å². The molecule has 1 unspecified atom stereocenters. The van der Waals surface area contributed by atoms with Gasteiger partial charge in [0, 0.05) is 6.04 Å². The van der Waals surface area contributed by atoms with Crippen molar-refractivity contribution >= 4 is 0 Å². The molecule has 0 radical (unpaired) electrons. The van der Waals surface area contributed by atoms with Crippen LogP contribution < -0.4 is 15.8 Å². The number of hydrogen-bond donors (Lipinski definition) is 2. The molecule has 0 bridgehead atoms. The first-order chi connectivity index (χ1) is 7.67.